The van der Waals surface area contributed by atoms with Gasteiger partial charge >= 0.3 is 0 Å². The minimum Gasteiger partial charge on any atom is -0.454 e. The van der Waals surface area contributed by atoms with E-state index in [2.05, 4.69) is 10.0 Å². The summed E-state index contributed by atoms with van der Waals surface area (Å²) in [6.07, 6.45) is 0. The van der Waals surface area contributed by atoms with E-state index in [1.54, 1.807) is 37.3 Å². The maximum Gasteiger partial charge on any atom is 0.241 e. The van der Waals surface area contributed by atoms with Crippen LogP contribution in [-0.4, -0.2) is 27.7 Å². The van der Waals surface area contributed by atoms with Gasteiger partial charge in [-0.2, -0.15) is 0 Å². The number of rotatable bonds is 6. The van der Waals surface area contributed by atoms with Crippen molar-refractivity contribution in [1.82, 2.24) is 10.0 Å². The van der Waals surface area contributed by atoms with E-state index in [0.717, 1.165) is 5.56 Å². The van der Waals surface area contributed by atoms with Crippen LogP contribution in [0.1, 0.15) is 11.1 Å². The Bertz CT molecular complexity index is 896. The summed E-state index contributed by atoms with van der Waals surface area (Å²) in [6.45, 7) is 1.82. The normalized spacial score (nSPS) is 12.8. The number of benzene rings is 2. The Morgan fingerprint density at radius 2 is 1.88 bits per heavy atom. The van der Waals surface area contributed by atoms with Crippen LogP contribution in [0.3, 0.4) is 0 Å². The number of hydrogen-bond acceptors (Lipinski definition) is 5. The Balaban J connectivity index is 1.54. The average Bonchev–Trinajstić information content (AvgIpc) is 3.06. The monoisotopic (exact) mass is 362 g/mol. The fraction of sp³-hybridized carbons (Fsp3) is 0.235. The molecule has 0 radical (unpaired) electrons. The number of sulfonamides is 1. The Morgan fingerprint density at radius 1 is 1.12 bits per heavy atom. The predicted molar refractivity (Wildman–Crippen MR) is 90.8 cm³/mol. The molecule has 0 saturated carbocycles. The second-order valence-corrected chi connectivity index (χ2v) is 7.29. The summed E-state index contributed by atoms with van der Waals surface area (Å²) in [6, 6.07) is 12.0. The van der Waals surface area contributed by atoms with Crippen molar-refractivity contribution in [2.75, 3.05) is 13.3 Å². The molecule has 8 heteroatoms. The highest BCUT2D eigenvalue weighted by molar-refractivity contribution is 7.89. The van der Waals surface area contributed by atoms with Crippen LogP contribution in [0.25, 0.3) is 0 Å². The Labute approximate surface area is 146 Å². The zero-order valence-corrected chi connectivity index (χ0v) is 14.4. The molecule has 2 aromatic carbocycles. The van der Waals surface area contributed by atoms with Gasteiger partial charge in [-0.05, 0) is 36.2 Å². The van der Waals surface area contributed by atoms with E-state index in [-0.39, 0.29) is 24.8 Å². The Kier molecular flexibility index (Phi) is 4.91. The first-order valence-corrected chi connectivity index (χ1v) is 9.14. The first kappa shape index (κ1) is 17.2. The van der Waals surface area contributed by atoms with E-state index < -0.39 is 15.9 Å². The molecule has 0 spiro atoms. The molecule has 2 aromatic rings. The van der Waals surface area contributed by atoms with E-state index in [4.69, 9.17) is 9.47 Å². The van der Waals surface area contributed by atoms with Crippen molar-refractivity contribution < 1.29 is 22.7 Å². The third kappa shape index (κ3) is 4.09. The van der Waals surface area contributed by atoms with Crippen LogP contribution in [0.2, 0.25) is 0 Å². The van der Waals surface area contributed by atoms with Crippen LogP contribution in [0.5, 0.6) is 11.5 Å². The molecule has 0 atom stereocenters. The van der Waals surface area contributed by atoms with Crippen molar-refractivity contribution in [3.05, 3.63) is 53.6 Å². The summed E-state index contributed by atoms with van der Waals surface area (Å²) < 4.78 is 37.3. The predicted octanol–water partition coefficient (Wildman–Crippen LogP) is 1.32. The van der Waals surface area contributed by atoms with Crippen molar-refractivity contribution in [2.45, 2.75) is 18.4 Å². The molecule has 0 aliphatic carbocycles. The van der Waals surface area contributed by atoms with Crippen molar-refractivity contribution in [1.29, 1.82) is 0 Å². The summed E-state index contributed by atoms with van der Waals surface area (Å²) in [7, 11) is -3.72. The van der Waals surface area contributed by atoms with E-state index in [1.807, 2.05) is 6.07 Å². The summed E-state index contributed by atoms with van der Waals surface area (Å²) in [5.74, 6) is 0.878. The van der Waals surface area contributed by atoms with Gasteiger partial charge in [0, 0.05) is 6.54 Å². The maximum atomic E-state index is 12.2. The van der Waals surface area contributed by atoms with Gasteiger partial charge in [-0.3, -0.25) is 4.79 Å². The summed E-state index contributed by atoms with van der Waals surface area (Å²) in [5.41, 5.74) is 1.45. The van der Waals surface area contributed by atoms with Gasteiger partial charge in [-0.25, -0.2) is 13.1 Å². The SMILES string of the molecule is Cc1ccccc1S(=O)(=O)NCC(=O)NCc1ccc2c(c1)OCO2. The number of ether oxygens (including phenoxy) is 2. The quantitative estimate of drug-likeness (QED) is 0.808. The molecule has 0 unspecified atom stereocenters. The first-order valence-electron chi connectivity index (χ1n) is 7.66. The third-order valence-electron chi connectivity index (χ3n) is 3.73. The molecule has 0 bridgehead atoms. The van der Waals surface area contributed by atoms with Gasteiger partial charge in [0.05, 0.1) is 11.4 Å². The van der Waals surface area contributed by atoms with E-state index in [0.29, 0.717) is 17.1 Å². The lowest BCUT2D eigenvalue weighted by molar-refractivity contribution is -0.120. The molecule has 1 amide bonds. The van der Waals surface area contributed by atoms with Crippen molar-refractivity contribution in [2.24, 2.45) is 0 Å². The molecule has 1 aliphatic rings. The average molecular weight is 362 g/mol. The second kappa shape index (κ2) is 7.12. The van der Waals surface area contributed by atoms with Gasteiger partial charge in [0.1, 0.15) is 0 Å². The molecule has 2 N–H and O–H groups in total. The third-order valence-corrected chi connectivity index (χ3v) is 5.29. The molecular formula is C17H18N2O5S. The lowest BCUT2D eigenvalue weighted by Crippen LogP contribution is -2.36. The Hall–Kier alpha value is -2.58. The minimum absolute atomic E-state index is 0.165. The molecule has 1 heterocycles. The lowest BCUT2D eigenvalue weighted by atomic mass is 10.2. The van der Waals surface area contributed by atoms with Gasteiger partial charge in [-0.1, -0.05) is 24.3 Å². The zero-order chi connectivity index (χ0) is 17.9. The summed E-state index contributed by atoms with van der Waals surface area (Å²) in [5, 5.41) is 2.67. The lowest BCUT2D eigenvalue weighted by Gasteiger charge is -2.10. The molecule has 0 fully saturated rings. The first-order chi connectivity index (χ1) is 12.0. The number of carbonyl (C=O) groups excluding carboxylic acids is 1. The smallest absolute Gasteiger partial charge is 0.241 e. The highest BCUT2D eigenvalue weighted by atomic mass is 32.2. The molecule has 1 aliphatic heterocycles. The zero-order valence-electron chi connectivity index (χ0n) is 13.6. The fourth-order valence-electron chi connectivity index (χ4n) is 2.41. The van der Waals surface area contributed by atoms with Crippen molar-refractivity contribution >= 4 is 15.9 Å². The van der Waals surface area contributed by atoms with Crippen LogP contribution in [0.15, 0.2) is 47.4 Å². The van der Waals surface area contributed by atoms with Crippen LogP contribution < -0.4 is 19.5 Å². The number of aryl methyl sites for hydroxylation is 1. The summed E-state index contributed by atoms with van der Waals surface area (Å²) in [4.78, 5) is 12.1. The summed E-state index contributed by atoms with van der Waals surface area (Å²) >= 11 is 0. The van der Waals surface area contributed by atoms with E-state index >= 15 is 0 Å². The van der Waals surface area contributed by atoms with Crippen LogP contribution in [-0.2, 0) is 21.4 Å². The van der Waals surface area contributed by atoms with E-state index in [9.17, 15) is 13.2 Å². The van der Waals surface area contributed by atoms with E-state index in [1.165, 1.54) is 6.07 Å². The number of nitrogens with one attached hydrogen (secondary N) is 2. The number of fused-ring (bicyclic) bond motifs is 1. The Morgan fingerprint density at radius 3 is 2.68 bits per heavy atom. The fourth-order valence-corrected chi connectivity index (χ4v) is 3.64. The van der Waals surface area contributed by atoms with Crippen LogP contribution >= 0.6 is 0 Å². The number of hydrogen-bond donors (Lipinski definition) is 2. The number of amides is 1. The van der Waals surface area contributed by atoms with Crippen molar-refractivity contribution in [3.8, 4) is 11.5 Å². The van der Waals surface area contributed by atoms with Gasteiger partial charge in [0.2, 0.25) is 22.7 Å². The second-order valence-electron chi connectivity index (χ2n) is 5.55. The van der Waals surface area contributed by atoms with Crippen LogP contribution in [0.4, 0.5) is 0 Å². The maximum absolute atomic E-state index is 12.2. The molecule has 0 saturated heterocycles. The van der Waals surface area contributed by atoms with Gasteiger partial charge < -0.3 is 14.8 Å². The molecule has 3 rings (SSSR count). The standard InChI is InChI=1S/C17H18N2O5S/c1-12-4-2-3-5-16(12)25(21,22)19-10-17(20)18-9-13-6-7-14-15(8-13)24-11-23-14/h2-8,19H,9-11H2,1H3,(H,18,20). The molecule has 132 valence electrons. The minimum atomic E-state index is -3.72. The molecule has 0 aromatic heterocycles. The topological polar surface area (TPSA) is 93.7 Å². The molecule has 25 heavy (non-hydrogen) atoms. The number of carbonyl (C=O) groups is 1. The molecular weight excluding hydrogens is 344 g/mol. The highest BCUT2D eigenvalue weighted by Crippen LogP contribution is 2.32. The largest absolute Gasteiger partial charge is 0.454 e. The van der Waals surface area contributed by atoms with Crippen molar-refractivity contribution in [3.63, 3.8) is 0 Å². The molecule has 7 nitrogen and oxygen atoms in total. The van der Waals surface area contributed by atoms with Crippen LogP contribution in [0, 0.1) is 6.92 Å². The highest BCUT2D eigenvalue weighted by Gasteiger charge is 2.17. The van der Waals surface area contributed by atoms with Gasteiger partial charge in [0.15, 0.2) is 11.5 Å². The van der Waals surface area contributed by atoms with Gasteiger partial charge in [0.25, 0.3) is 0 Å². The van der Waals surface area contributed by atoms with Gasteiger partial charge in [-0.15, -0.1) is 0 Å².